The van der Waals surface area contributed by atoms with Gasteiger partial charge in [-0.05, 0) is 68.5 Å². The molecule has 0 spiro atoms. The second kappa shape index (κ2) is 8.39. The van der Waals surface area contributed by atoms with E-state index in [1.807, 2.05) is 43.0 Å². The van der Waals surface area contributed by atoms with Crippen molar-refractivity contribution in [2.24, 2.45) is 0 Å². The number of methoxy groups -OCH3 is 1. The van der Waals surface area contributed by atoms with Crippen LogP contribution in [0, 0.1) is 13.8 Å². The summed E-state index contributed by atoms with van der Waals surface area (Å²) in [6.07, 6.45) is 2.41. The molecule has 0 bridgehead atoms. The average Bonchev–Trinajstić information content (AvgIpc) is 3.45. The minimum atomic E-state index is -0.397. The van der Waals surface area contributed by atoms with Crippen molar-refractivity contribution < 1.29 is 13.9 Å². The highest BCUT2D eigenvalue weighted by atomic mass is 16.5. The fourth-order valence-electron chi connectivity index (χ4n) is 4.82. The van der Waals surface area contributed by atoms with Crippen LogP contribution >= 0.6 is 0 Å². The van der Waals surface area contributed by atoms with Crippen molar-refractivity contribution in [3.8, 4) is 5.75 Å². The molecule has 33 heavy (non-hydrogen) atoms. The Kier molecular flexibility index (Phi) is 5.40. The highest BCUT2D eigenvalue weighted by Crippen LogP contribution is 2.32. The summed E-state index contributed by atoms with van der Waals surface area (Å²) in [4.78, 5) is 35.9. The van der Waals surface area contributed by atoms with E-state index >= 15 is 0 Å². The topological polar surface area (TPSA) is 88.4 Å². The molecule has 2 aromatic carbocycles. The van der Waals surface area contributed by atoms with Gasteiger partial charge in [0.1, 0.15) is 17.2 Å². The number of hydrogen-bond donors (Lipinski definition) is 1. The van der Waals surface area contributed by atoms with E-state index in [-0.39, 0.29) is 18.4 Å². The van der Waals surface area contributed by atoms with Crippen molar-refractivity contribution in [2.75, 3.05) is 13.7 Å². The number of aromatic nitrogens is 2. The van der Waals surface area contributed by atoms with Crippen LogP contribution in [0.2, 0.25) is 0 Å². The molecule has 0 aliphatic carbocycles. The summed E-state index contributed by atoms with van der Waals surface area (Å²) in [5, 5.41) is 0.856. The van der Waals surface area contributed by atoms with Gasteiger partial charge in [-0.3, -0.25) is 4.79 Å². The second-order valence-electron chi connectivity index (χ2n) is 8.74. The Morgan fingerprint density at radius 2 is 2.09 bits per heavy atom. The molecule has 1 N–H and O–H groups in total. The minimum Gasteiger partial charge on any atom is -0.497 e. The summed E-state index contributed by atoms with van der Waals surface area (Å²) >= 11 is 0. The van der Waals surface area contributed by atoms with Crippen LogP contribution in [-0.2, 0) is 11.2 Å². The predicted octanol–water partition coefficient (Wildman–Crippen LogP) is 4.59. The number of fused-ring (bicyclic) bond motifs is 2. The summed E-state index contributed by atoms with van der Waals surface area (Å²) in [5.41, 5.74) is 4.57. The highest BCUT2D eigenvalue weighted by Gasteiger charge is 2.32. The van der Waals surface area contributed by atoms with Crippen LogP contribution in [0.1, 0.15) is 47.8 Å². The maximum absolute atomic E-state index is 13.2. The van der Waals surface area contributed by atoms with Crippen LogP contribution in [0.25, 0.3) is 22.0 Å². The smallest absolute Gasteiger partial charge is 0.339 e. The molecule has 1 amide bonds. The van der Waals surface area contributed by atoms with Crippen molar-refractivity contribution in [1.29, 1.82) is 0 Å². The van der Waals surface area contributed by atoms with Crippen LogP contribution in [0.15, 0.2) is 45.6 Å². The van der Waals surface area contributed by atoms with Crippen molar-refractivity contribution in [2.45, 2.75) is 45.6 Å². The molecule has 1 atom stereocenters. The van der Waals surface area contributed by atoms with Gasteiger partial charge in [0, 0.05) is 30.0 Å². The number of aromatic amines is 1. The third kappa shape index (κ3) is 3.88. The third-order valence-electron chi connectivity index (χ3n) is 6.63. The number of ether oxygens (including phenoxy) is 1. The Bertz CT molecular complexity index is 1420. The lowest BCUT2D eigenvalue weighted by Gasteiger charge is -2.23. The van der Waals surface area contributed by atoms with E-state index in [1.165, 1.54) is 5.56 Å². The number of carbonyl (C=O) groups is 1. The fourth-order valence-corrected chi connectivity index (χ4v) is 4.82. The van der Waals surface area contributed by atoms with E-state index in [2.05, 4.69) is 11.1 Å². The van der Waals surface area contributed by atoms with Crippen molar-refractivity contribution >= 4 is 27.9 Å². The standard InChI is InChI=1S/C26H27N3O4/c1-15-6-10-20-21(13-15)28-25(27-20)22-5-4-12-29(22)24(30)11-9-19-16(2)18-8-7-17(32-3)14-23(18)33-26(19)31/h6-8,10,13-14,22H,4-5,9,11-12H2,1-3H3,(H,27,28). The first-order valence-corrected chi connectivity index (χ1v) is 11.3. The Morgan fingerprint density at radius 1 is 1.24 bits per heavy atom. The maximum atomic E-state index is 13.2. The minimum absolute atomic E-state index is 0.0303. The number of imidazole rings is 1. The van der Waals surface area contributed by atoms with E-state index in [9.17, 15) is 9.59 Å². The normalized spacial score (nSPS) is 16.1. The molecule has 1 fully saturated rings. The number of aryl methyl sites for hydroxylation is 2. The highest BCUT2D eigenvalue weighted by molar-refractivity contribution is 5.83. The lowest BCUT2D eigenvalue weighted by molar-refractivity contribution is -0.132. The summed E-state index contributed by atoms with van der Waals surface area (Å²) < 4.78 is 10.8. The number of carbonyl (C=O) groups excluding carboxylic acids is 1. The van der Waals surface area contributed by atoms with Gasteiger partial charge in [0.05, 0.1) is 24.2 Å². The lowest BCUT2D eigenvalue weighted by atomic mass is 10.0. The Balaban J connectivity index is 1.36. The molecule has 4 aromatic rings. The summed E-state index contributed by atoms with van der Waals surface area (Å²) in [7, 11) is 1.57. The zero-order valence-electron chi connectivity index (χ0n) is 19.1. The van der Waals surface area contributed by atoms with E-state index in [1.54, 1.807) is 13.2 Å². The third-order valence-corrected chi connectivity index (χ3v) is 6.63. The Labute approximate surface area is 191 Å². The van der Waals surface area contributed by atoms with Gasteiger partial charge in [-0.25, -0.2) is 9.78 Å². The zero-order chi connectivity index (χ0) is 23.1. The SMILES string of the molecule is COc1ccc2c(C)c(CCC(=O)N3CCCC3c3nc4ccc(C)cc4[nH]3)c(=O)oc2c1. The van der Waals surface area contributed by atoms with Crippen molar-refractivity contribution in [1.82, 2.24) is 14.9 Å². The molecular weight excluding hydrogens is 418 g/mol. The molecule has 0 radical (unpaired) electrons. The Morgan fingerprint density at radius 3 is 2.91 bits per heavy atom. The van der Waals surface area contributed by atoms with Crippen molar-refractivity contribution in [3.05, 3.63) is 69.3 Å². The van der Waals surface area contributed by atoms with Gasteiger partial charge in [0.2, 0.25) is 5.91 Å². The van der Waals surface area contributed by atoms with E-state index in [0.29, 0.717) is 29.9 Å². The molecule has 7 nitrogen and oxygen atoms in total. The lowest BCUT2D eigenvalue weighted by Crippen LogP contribution is -2.31. The molecule has 5 rings (SSSR count). The first kappa shape index (κ1) is 21.2. The summed E-state index contributed by atoms with van der Waals surface area (Å²) in [6.45, 7) is 4.65. The molecular formula is C26H27N3O4. The van der Waals surface area contributed by atoms with E-state index < -0.39 is 5.63 Å². The Hall–Kier alpha value is -3.61. The molecule has 0 saturated carbocycles. The quantitative estimate of drug-likeness (QED) is 0.454. The van der Waals surface area contributed by atoms with Gasteiger partial charge in [0.25, 0.3) is 0 Å². The zero-order valence-corrected chi connectivity index (χ0v) is 19.1. The molecule has 7 heteroatoms. The van der Waals surface area contributed by atoms with Crippen LogP contribution in [0.3, 0.4) is 0 Å². The second-order valence-corrected chi connectivity index (χ2v) is 8.74. The van der Waals surface area contributed by atoms with Gasteiger partial charge < -0.3 is 19.0 Å². The maximum Gasteiger partial charge on any atom is 0.339 e. The molecule has 1 aliphatic rings. The van der Waals surface area contributed by atoms with Crippen molar-refractivity contribution in [3.63, 3.8) is 0 Å². The molecule has 1 saturated heterocycles. The van der Waals surface area contributed by atoms with Gasteiger partial charge >= 0.3 is 5.63 Å². The summed E-state index contributed by atoms with van der Waals surface area (Å²) in [5.74, 6) is 1.49. The summed E-state index contributed by atoms with van der Waals surface area (Å²) in [6, 6.07) is 11.5. The van der Waals surface area contributed by atoms with Crippen LogP contribution < -0.4 is 10.4 Å². The monoisotopic (exact) mass is 445 g/mol. The number of benzene rings is 2. The van der Waals surface area contributed by atoms with Gasteiger partial charge in [-0.15, -0.1) is 0 Å². The van der Waals surface area contributed by atoms with Crippen LogP contribution in [-0.4, -0.2) is 34.4 Å². The first-order chi connectivity index (χ1) is 15.9. The molecule has 1 unspecified atom stereocenters. The number of hydrogen-bond acceptors (Lipinski definition) is 5. The fraction of sp³-hybridized carbons (Fsp3) is 0.346. The molecule has 2 aromatic heterocycles. The number of nitrogens with zero attached hydrogens (tertiary/aromatic N) is 2. The molecule has 170 valence electrons. The molecule has 3 heterocycles. The number of amides is 1. The van der Waals surface area contributed by atoms with E-state index in [4.69, 9.17) is 14.1 Å². The first-order valence-electron chi connectivity index (χ1n) is 11.3. The van der Waals surface area contributed by atoms with Crippen LogP contribution in [0.4, 0.5) is 0 Å². The van der Waals surface area contributed by atoms with Gasteiger partial charge in [-0.2, -0.15) is 0 Å². The predicted molar refractivity (Wildman–Crippen MR) is 127 cm³/mol. The van der Waals surface area contributed by atoms with E-state index in [0.717, 1.165) is 40.6 Å². The van der Waals surface area contributed by atoms with Gasteiger partial charge in [0.15, 0.2) is 0 Å². The number of H-pyrrole nitrogens is 1. The number of likely N-dealkylation sites (tertiary alicyclic amines) is 1. The number of nitrogens with one attached hydrogen (secondary N) is 1. The number of rotatable bonds is 5. The van der Waals surface area contributed by atoms with Crippen LogP contribution in [0.5, 0.6) is 5.75 Å². The average molecular weight is 446 g/mol. The van der Waals surface area contributed by atoms with Gasteiger partial charge in [-0.1, -0.05) is 6.07 Å². The molecule has 1 aliphatic heterocycles. The largest absolute Gasteiger partial charge is 0.497 e.